The van der Waals surface area contributed by atoms with Gasteiger partial charge in [0, 0.05) is 29.4 Å². The molecule has 3 heterocycles. The van der Waals surface area contributed by atoms with E-state index in [-0.39, 0.29) is 29.5 Å². The molecule has 1 aliphatic heterocycles. The summed E-state index contributed by atoms with van der Waals surface area (Å²) in [5.74, 6) is -0.120. The molecular weight excluding hydrogens is 592 g/mol. The van der Waals surface area contributed by atoms with Crippen molar-refractivity contribution in [3.63, 3.8) is 0 Å². The molecule has 0 saturated carbocycles. The minimum atomic E-state index is -0.934. The Balaban J connectivity index is 1.51. The first-order chi connectivity index (χ1) is 19.1. The van der Waals surface area contributed by atoms with Gasteiger partial charge in [-0.15, -0.1) is 10.2 Å². The SMILES string of the molecule is CC(C)Nc1ncc(-c2nnc(-c3cc(F)c(OC[C@H]4[C@@H](C)OC(C)(C)N4C(=O)OC(C)(C)C)cc3Cl)s2)cc1Cl. The smallest absolute Gasteiger partial charge is 0.413 e. The van der Waals surface area contributed by atoms with E-state index in [0.29, 0.717) is 32.0 Å². The largest absolute Gasteiger partial charge is 0.488 e. The lowest BCUT2D eigenvalue weighted by Crippen LogP contribution is -2.52. The van der Waals surface area contributed by atoms with Gasteiger partial charge in [-0.2, -0.15) is 0 Å². The number of rotatable bonds is 7. The second kappa shape index (κ2) is 11.9. The topological polar surface area (TPSA) is 98.7 Å². The quantitative estimate of drug-likeness (QED) is 0.285. The monoisotopic (exact) mass is 625 g/mol. The minimum absolute atomic E-state index is 0.0329. The molecule has 1 saturated heterocycles. The van der Waals surface area contributed by atoms with Gasteiger partial charge >= 0.3 is 6.09 Å². The highest BCUT2D eigenvalue weighted by Crippen LogP contribution is 2.39. The standard InChI is InChI=1S/C28H34Cl2FN5O4S/c1-14(2)33-23-19(30)9-16(12-32-23)24-34-35-25(41-24)17-10-20(31)22(11-18(17)29)38-13-21-15(3)39-28(7,8)36(21)26(37)40-27(4,5)6/h9-12,14-15,21H,13H2,1-8H3,(H,32,33)/t15-,21+/m1/s1. The maximum absolute atomic E-state index is 15.3. The molecule has 0 radical (unpaired) electrons. The molecule has 1 amide bonds. The van der Waals surface area contributed by atoms with E-state index >= 15 is 4.39 Å². The summed E-state index contributed by atoms with van der Waals surface area (Å²) in [6, 6.07) is 4.05. The van der Waals surface area contributed by atoms with E-state index in [4.69, 9.17) is 37.4 Å². The molecular formula is C28H34Cl2FN5O4S. The number of nitrogens with zero attached hydrogens (tertiary/aromatic N) is 4. The van der Waals surface area contributed by atoms with Crippen molar-refractivity contribution in [2.75, 3.05) is 11.9 Å². The molecule has 41 heavy (non-hydrogen) atoms. The van der Waals surface area contributed by atoms with Crippen molar-refractivity contribution in [3.05, 3.63) is 40.3 Å². The van der Waals surface area contributed by atoms with Gasteiger partial charge in [0.1, 0.15) is 33.8 Å². The fourth-order valence-corrected chi connectivity index (χ4v) is 5.81. The van der Waals surface area contributed by atoms with Gasteiger partial charge in [-0.25, -0.2) is 14.2 Å². The van der Waals surface area contributed by atoms with E-state index in [1.165, 1.54) is 28.4 Å². The maximum atomic E-state index is 15.3. The Bertz CT molecular complexity index is 1430. The normalized spacial score (nSPS) is 18.6. The van der Waals surface area contributed by atoms with Crippen LogP contribution in [0.15, 0.2) is 24.4 Å². The zero-order valence-corrected chi connectivity index (χ0v) is 26.5. The van der Waals surface area contributed by atoms with E-state index in [1.807, 2.05) is 20.8 Å². The van der Waals surface area contributed by atoms with Gasteiger partial charge < -0.3 is 19.5 Å². The molecule has 13 heteroatoms. The van der Waals surface area contributed by atoms with Crippen LogP contribution >= 0.6 is 34.5 Å². The van der Waals surface area contributed by atoms with Gasteiger partial charge in [-0.05, 0) is 67.5 Å². The summed E-state index contributed by atoms with van der Waals surface area (Å²) in [6.45, 7) is 14.7. The lowest BCUT2D eigenvalue weighted by molar-refractivity contribution is -0.0760. The summed E-state index contributed by atoms with van der Waals surface area (Å²) in [7, 11) is 0. The van der Waals surface area contributed by atoms with Gasteiger partial charge in [0.05, 0.1) is 22.2 Å². The second-order valence-corrected chi connectivity index (χ2v) is 13.3. The first-order valence-electron chi connectivity index (χ1n) is 13.1. The highest BCUT2D eigenvalue weighted by molar-refractivity contribution is 7.18. The number of benzene rings is 1. The van der Waals surface area contributed by atoms with Crippen LogP contribution in [-0.4, -0.2) is 62.3 Å². The number of hydrogen-bond donors (Lipinski definition) is 1. The molecule has 0 spiro atoms. The predicted molar refractivity (Wildman–Crippen MR) is 159 cm³/mol. The van der Waals surface area contributed by atoms with Gasteiger partial charge in [0.2, 0.25) is 0 Å². The highest BCUT2D eigenvalue weighted by atomic mass is 35.5. The van der Waals surface area contributed by atoms with Crippen LogP contribution in [0.2, 0.25) is 10.0 Å². The third kappa shape index (κ3) is 7.20. The number of anilines is 1. The van der Waals surface area contributed by atoms with Crippen molar-refractivity contribution in [2.24, 2.45) is 0 Å². The van der Waals surface area contributed by atoms with E-state index in [2.05, 4.69) is 20.5 Å². The van der Waals surface area contributed by atoms with Gasteiger partial charge in [0.25, 0.3) is 0 Å². The number of halogens is 3. The summed E-state index contributed by atoms with van der Waals surface area (Å²) in [6.07, 6.45) is 0.729. The molecule has 9 nitrogen and oxygen atoms in total. The molecule has 1 fully saturated rings. The van der Waals surface area contributed by atoms with Crippen molar-refractivity contribution >= 4 is 46.4 Å². The highest BCUT2D eigenvalue weighted by Gasteiger charge is 2.50. The number of carbonyl (C=O) groups excluding carboxylic acids is 1. The molecule has 0 aliphatic carbocycles. The van der Waals surface area contributed by atoms with Crippen molar-refractivity contribution in [1.82, 2.24) is 20.1 Å². The van der Waals surface area contributed by atoms with Crippen LogP contribution in [0.5, 0.6) is 5.75 Å². The molecule has 0 bridgehead atoms. The van der Waals surface area contributed by atoms with Crippen molar-refractivity contribution in [3.8, 4) is 26.9 Å². The number of carbonyl (C=O) groups is 1. The maximum Gasteiger partial charge on any atom is 0.413 e. The minimum Gasteiger partial charge on any atom is -0.488 e. The van der Waals surface area contributed by atoms with Crippen LogP contribution in [0, 0.1) is 5.82 Å². The molecule has 2 atom stereocenters. The summed E-state index contributed by atoms with van der Waals surface area (Å²) in [5.41, 5.74) is -0.584. The van der Waals surface area contributed by atoms with Gasteiger partial charge in [0.15, 0.2) is 11.6 Å². The lowest BCUT2D eigenvalue weighted by Gasteiger charge is -2.35. The number of nitrogens with one attached hydrogen (secondary N) is 1. The predicted octanol–water partition coefficient (Wildman–Crippen LogP) is 7.67. The molecule has 1 aliphatic rings. The van der Waals surface area contributed by atoms with Crippen molar-refractivity contribution < 1.29 is 23.4 Å². The van der Waals surface area contributed by atoms with E-state index < -0.39 is 29.3 Å². The second-order valence-electron chi connectivity index (χ2n) is 11.5. The number of aromatic nitrogens is 3. The molecule has 1 aromatic carbocycles. The molecule has 2 aromatic heterocycles. The number of pyridine rings is 1. The molecule has 222 valence electrons. The Kier molecular flexibility index (Phi) is 9.04. The Labute approximate surface area is 253 Å². The van der Waals surface area contributed by atoms with Crippen LogP contribution in [0.3, 0.4) is 0 Å². The molecule has 1 N–H and O–H groups in total. The van der Waals surface area contributed by atoms with Crippen LogP contribution in [-0.2, 0) is 9.47 Å². The Hall–Kier alpha value is -2.73. The number of hydrogen-bond acceptors (Lipinski definition) is 9. The average molecular weight is 627 g/mol. The third-order valence-electron chi connectivity index (χ3n) is 6.12. The van der Waals surface area contributed by atoms with E-state index in [0.717, 1.165) is 0 Å². The molecule has 0 unspecified atom stereocenters. The van der Waals surface area contributed by atoms with Crippen LogP contribution in [0.1, 0.15) is 55.4 Å². The van der Waals surface area contributed by atoms with Crippen LogP contribution in [0.25, 0.3) is 21.1 Å². The Morgan fingerprint density at radius 2 is 1.88 bits per heavy atom. The molecule has 3 aromatic rings. The molecule has 4 rings (SSSR count). The summed E-state index contributed by atoms with van der Waals surface area (Å²) < 4.78 is 32.7. The fourth-order valence-electron chi connectivity index (χ4n) is 4.44. The summed E-state index contributed by atoms with van der Waals surface area (Å²) in [5, 5.41) is 13.3. The zero-order chi connectivity index (χ0) is 30.3. The van der Waals surface area contributed by atoms with Crippen LogP contribution < -0.4 is 10.1 Å². The Morgan fingerprint density at radius 1 is 1.20 bits per heavy atom. The van der Waals surface area contributed by atoms with E-state index in [9.17, 15) is 4.79 Å². The number of amides is 1. The number of ether oxygens (including phenoxy) is 3. The van der Waals surface area contributed by atoms with Crippen molar-refractivity contribution in [2.45, 2.75) is 84.9 Å². The fraction of sp³-hybridized carbons (Fsp3) is 0.500. The van der Waals surface area contributed by atoms with Gasteiger partial charge in [-0.3, -0.25) is 4.90 Å². The van der Waals surface area contributed by atoms with Crippen LogP contribution in [0.4, 0.5) is 15.0 Å². The summed E-state index contributed by atoms with van der Waals surface area (Å²) in [4.78, 5) is 18.9. The zero-order valence-electron chi connectivity index (χ0n) is 24.2. The Morgan fingerprint density at radius 3 is 2.51 bits per heavy atom. The lowest BCUT2D eigenvalue weighted by atomic mass is 10.1. The van der Waals surface area contributed by atoms with Gasteiger partial charge in [-0.1, -0.05) is 34.5 Å². The van der Waals surface area contributed by atoms with Crippen molar-refractivity contribution in [1.29, 1.82) is 0 Å². The average Bonchev–Trinajstić information content (AvgIpc) is 3.41. The first-order valence-corrected chi connectivity index (χ1v) is 14.7. The van der Waals surface area contributed by atoms with E-state index in [1.54, 1.807) is 46.9 Å². The third-order valence-corrected chi connectivity index (χ3v) is 7.72. The first kappa shape index (κ1) is 31.2. The summed E-state index contributed by atoms with van der Waals surface area (Å²) >= 11 is 14.2.